The summed E-state index contributed by atoms with van der Waals surface area (Å²) in [4.78, 5) is 36.0. The van der Waals surface area contributed by atoms with E-state index in [1.807, 2.05) is 20.8 Å². The first-order valence-corrected chi connectivity index (χ1v) is 7.91. The van der Waals surface area contributed by atoms with E-state index in [0.717, 1.165) is 16.9 Å². The predicted octanol–water partition coefficient (Wildman–Crippen LogP) is 2.39. The first-order valence-electron chi connectivity index (χ1n) is 7.10. The van der Waals surface area contributed by atoms with Gasteiger partial charge in [-0.2, -0.15) is 0 Å². The number of nitrogens with one attached hydrogen (secondary N) is 2. The van der Waals surface area contributed by atoms with Gasteiger partial charge in [0, 0.05) is 17.8 Å². The smallest absolute Gasteiger partial charge is 0.341 e. The number of esters is 1. The molecular weight excluding hydrogens is 304 g/mol. The van der Waals surface area contributed by atoms with Gasteiger partial charge in [0.05, 0.1) is 5.56 Å². The lowest BCUT2D eigenvalue weighted by Gasteiger charge is -2.12. The minimum absolute atomic E-state index is 0.0336. The molecule has 7 heteroatoms. The zero-order valence-electron chi connectivity index (χ0n) is 13.5. The van der Waals surface area contributed by atoms with E-state index in [4.69, 9.17) is 4.74 Å². The summed E-state index contributed by atoms with van der Waals surface area (Å²) in [7, 11) is 0. The molecule has 0 unspecified atom stereocenters. The second kappa shape index (κ2) is 7.93. The topological polar surface area (TPSA) is 84.5 Å². The van der Waals surface area contributed by atoms with E-state index in [0.29, 0.717) is 10.6 Å². The molecular formula is C15H22N2O4S. The molecule has 1 atom stereocenters. The van der Waals surface area contributed by atoms with Gasteiger partial charge in [-0.25, -0.2) is 4.79 Å². The molecule has 1 heterocycles. The average molecular weight is 326 g/mol. The van der Waals surface area contributed by atoms with Crippen molar-refractivity contribution >= 4 is 34.1 Å². The second-order valence-electron chi connectivity index (χ2n) is 5.12. The molecule has 0 spiro atoms. The summed E-state index contributed by atoms with van der Waals surface area (Å²) < 4.78 is 5.06. The van der Waals surface area contributed by atoms with Gasteiger partial charge in [0.2, 0.25) is 5.91 Å². The molecule has 0 aliphatic rings. The summed E-state index contributed by atoms with van der Waals surface area (Å²) in [6.07, 6.45) is 0.801. The first kappa shape index (κ1) is 18.2. The Bertz CT molecular complexity index is 580. The van der Waals surface area contributed by atoms with Crippen molar-refractivity contribution in [3.8, 4) is 0 Å². The number of rotatable bonds is 6. The molecule has 1 aromatic rings. The van der Waals surface area contributed by atoms with Crippen LogP contribution in [0.2, 0.25) is 0 Å². The summed E-state index contributed by atoms with van der Waals surface area (Å²) >= 11 is 1.31. The molecule has 22 heavy (non-hydrogen) atoms. The third-order valence-corrected chi connectivity index (χ3v) is 4.36. The Morgan fingerprint density at radius 3 is 2.45 bits per heavy atom. The Labute approximate surface area is 134 Å². The predicted molar refractivity (Wildman–Crippen MR) is 86.3 cm³/mol. The fourth-order valence-corrected chi connectivity index (χ4v) is 2.84. The van der Waals surface area contributed by atoms with Gasteiger partial charge in [-0.3, -0.25) is 9.59 Å². The SMILES string of the molecule is CC[C@H](C)NC(=O)COC(=O)c1c(NC(C)=O)sc(C)c1C. The number of hydrogen-bond donors (Lipinski definition) is 2. The van der Waals surface area contributed by atoms with Gasteiger partial charge < -0.3 is 15.4 Å². The second-order valence-corrected chi connectivity index (χ2v) is 6.35. The summed E-state index contributed by atoms with van der Waals surface area (Å²) in [5.41, 5.74) is 1.06. The highest BCUT2D eigenvalue weighted by Crippen LogP contribution is 2.32. The number of amides is 2. The Morgan fingerprint density at radius 2 is 1.91 bits per heavy atom. The van der Waals surface area contributed by atoms with E-state index in [2.05, 4.69) is 10.6 Å². The van der Waals surface area contributed by atoms with Crippen molar-refractivity contribution in [3.05, 3.63) is 16.0 Å². The van der Waals surface area contributed by atoms with Crippen molar-refractivity contribution < 1.29 is 19.1 Å². The number of ether oxygens (including phenoxy) is 1. The van der Waals surface area contributed by atoms with Crippen LogP contribution in [0.4, 0.5) is 5.00 Å². The monoisotopic (exact) mass is 326 g/mol. The average Bonchev–Trinajstić information content (AvgIpc) is 2.70. The van der Waals surface area contributed by atoms with E-state index in [-0.39, 0.29) is 24.5 Å². The third kappa shape index (κ3) is 4.84. The largest absolute Gasteiger partial charge is 0.452 e. The fourth-order valence-electron chi connectivity index (χ4n) is 1.74. The lowest BCUT2D eigenvalue weighted by atomic mass is 10.1. The van der Waals surface area contributed by atoms with Gasteiger partial charge in [0.25, 0.3) is 5.91 Å². The van der Waals surface area contributed by atoms with Gasteiger partial charge >= 0.3 is 5.97 Å². The van der Waals surface area contributed by atoms with Crippen LogP contribution in [0, 0.1) is 13.8 Å². The van der Waals surface area contributed by atoms with Gasteiger partial charge in [0.15, 0.2) is 6.61 Å². The molecule has 0 aliphatic heterocycles. The number of thiophene rings is 1. The van der Waals surface area contributed by atoms with E-state index in [1.54, 1.807) is 6.92 Å². The standard InChI is InChI=1S/C15H22N2O4S/c1-6-8(2)16-12(19)7-21-15(20)13-9(3)10(4)22-14(13)17-11(5)18/h8H,6-7H2,1-5H3,(H,16,19)(H,17,18)/t8-/m0/s1. The first-order chi connectivity index (χ1) is 10.3. The van der Waals surface area contributed by atoms with Crippen LogP contribution in [-0.2, 0) is 14.3 Å². The molecule has 1 aromatic heterocycles. The Morgan fingerprint density at radius 1 is 1.27 bits per heavy atom. The molecule has 122 valence electrons. The highest BCUT2D eigenvalue weighted by molar-refractivity contribution is 7.16. The number of aryl methyl sites for hydroxylation is 1. The molecule has 0 radical (unpaired) electrons. The summed E-state index contributed by atoms with van der Waals surface area (Å²) in [5, 5.41) is 5.80. The van der Waals surface area contributed by atoms with Crippen molar-refractivity contribution in [1.29, 1.82) is 0 Å². The van der Waals surface area contributed by atoms with Gasteiger partial charge in [-0.05, 0) is 32.8 Å². The van der Waals surface area contributed by atoms with Crippen molar-refractivity contribution in [2.45, 2.75) is 47.1 Å². The van der Waals surface area contributed by atoms with Crippen LogP contribution in [0.25, 0.3) is 0 Å². The molecule has 0 fully saturated rings. The van der Waals surface area contributed by atoms with Crippen LogP contribution in [0.3, 0.4) is 0 Å². The summed E-state index contributed by atoms with van der Waals surface area (Å²) in [6.45, 7) is 8.51. The van der Waals surface area contributed by atoms with Crippen LogP contribution in [0.1, 0.15) is 48.0 Å². The molecule has 2 N–H and O–H groups in total. The lowest BCUT2D eigenvalue weighted by molar-refractivity contribution is -0.124. The summed E-state index contributed by atoms with van der Waals surface area (Å²) in [6, 6.07) is 0.0336. The Balaban J connectivity index is 2.77. The van der Waals surface area contributed by atoms with Gasteiger partial charge in [-0.1, -0.05) is 6.92 Å². The van der Waals surface area contributed by atoms with Crippen LogP contribution >= 0.6 is 11.3 Å². The zero-order valence-corrected chi connectivity index (χ0v) is 14.3. The van der Waals surface area contributed by atoms with Gasteiger partial charge in [0.1, 0.15) is 5.00 Å². The number of hydrogen-bond acceptors (Lipinski definition) is 5. The molecule has 0 saturated heterocycles. The number of anilines is 1. The molecule has 0 aliphatic carbocycles. The maximum Gasteiger partial charge on any atom is 0.341 e. The zero-order chi connectivity index (χ0) is 16.9. The Hall–Kier alpha value is -1.89. The molecule has 1 rings (SSSR count). The molecule has 0 bridgehead atoms. The van der Waals surface area contributed by atoms with E-state index in [1.165, 1.54) is 18.3 Å². The maximum absolute atomic E-state index is 12.2. The molecule has 6 nitrogen and oxygen atoms in total. The van der Waals surface area contributed by atoms with E-state index >= 15 is 0 Å². The van der Waals surface area contributed by atoms with Crippen LogP contribution in [0.15, 0.2) is 0 Å². The minimum Gasteiger partial charge on any atom is -0.452 e. The number of carbonyl (C=O) groups is 3. The van der Waals surface area contributed by atoms with Crippen molar-refractivity contribution in [1.82, 2.24) is 5.32 Å². The van der Waals surface area contributed by atoms with Gasteiger partial charge in [-0.15, -0.1) is 11.3 Å². The van der Waals surface area contributed by atoms with Crippen molar-refractivity contribution in [2.24, 2.45) is 0 Å². The van der Waals surface area contributed by atoms with E-state index in [9.17, 15) is 14.4 Å². The lowest BCUT2D eigenvalue weighted by Crippen LogP contribution is -2.35. The fraction of sp³-hybridized carbons (Fsp3) is 0.533. The molecule has 0 saturated carbocycles. The highest BCUT2D eigenvalue weighted by atomic mass is 32.1. The molecule has 2 amide bonds. The van der Waals surface area contributed by atoms with E-state index < -0.39 is 5.97 Å². The highest BCUT2D eigenvalue weighted by Gasteiger charge is 2.22. The van der Waals surface area contributed by atoms with Crippen molar-refractivity contribution in [3.63, 3.8) is 0 Å². The number of carbonyl (C=O) groups excluding carboxylic acids is 3. The van der Waals surface area contributed by atoms with Crippen LogP contribution in [0.5, 0.6) is 0 Å². The summed E-state index contributed by atoms with van der Waals surface area (Å²) in [5.74, 6) is -1.21. The van der Waals surface area contributed by atoms with Crippen LogP contribution < -0.4 is 10.6 Å². The molecule has 0 aromatic carbocycles. The van der Waals surface area contributed by atoms with Crippen molar-refractivity contribution in [2.75, 3.05) is 11.9 Å². The normalized spacial score (nSPS) is 11.7. The third-order valence-electron chi connectivity index (χ3n) is 3.23. The maximum atomic E-state index is 12.2. The Kier molecular flexibility index (Phi) is 6.55. The minimum atomic E-state index is -0.607. The van der Waals surface area contributed by atoms with Crippen LogP contribution in [-0.4, -0.2) is 30.4 Å². The quantitative estimate of drug-likeness (QED) is 0.786.